The standard InChI is InChI=1S/C13H17NO2.ClH/c1-16-13(15)12-4-2-3-10(8-12)7-11-5-6-14-9-11;/h2-4,8,11,14H,5-7,9H2,1H3;1H. The predicted molar refractivity (Wildman–Crippen MR) is 69.7 cm³/mol. The van der Waals surface area contributed by atoms with Crippen LogP contribution in [0.25, 0.3) is 0 Å². The van der Waals surface area contributed by atoms with Gasteiger partial charge in [-0.15, -0.1) is 12.4 Å². The first kappa shape index (κ1) is 14.0. The van der Waals surface area contributed by atoms with Gasteiger partial charge in [-0.25, -0.2) is 4.79 Å². The largest absolute Gasteiger partial charge is 0.465 e. The maximum atomic E-state index is 11.4. The average molecular weight is 256 g/mol. The predicted octanol–water partition coefficient (Wildman–Crippen LogP) is 2.05. The molecule has 1 atom stereocenters. The fraction of sp³-hybridized carbons (Fsp3) is 0.462. The molecule has 17 heavy (non-hydrogen) atoms. The Labute approximate surface area is 108 Å². The van der Waals surface area contributed by atoms with Crippen LogP contribution in [0.4, 0.5) is 0 Å². The van der Waals surface area contributed by atoms with E-state index in [1.54, 1.807) is 6.07 Å². The lowest BCUT2D eigenvalue weighted by Crippen LogP contribution is -2.11. The Morgan fingerprint density at radius 2 is 2.35 bits per heavy atom. The van der Waals surface area contributed by atoms with Crippen molar-refractivity contribution in [3.05, 3.63) is 35.4 Å². The highest BCUT2D eigenvalue weighted by Gasteiger charge is 2.15. The first-order valence-corrected chi connectivity index (χ1v) is 5.67. The summed E-state index contributed by atoms with van der Waals surface area (Å²) in [6.45, 7) is 2.20. The first-order valence-electron chi connectivity index (χ1n) is 5.67. The van der Waals surface area contributed by atoms with Crippen molar-refractivity contribution >= 4 is 18.4 Å². The summed E-state index contributed by atoms with van der Waals surface area (Å²) in [6.07, 6.45) is 2.26. The lowest BCUT2D eigenvalue weighted by atomic mass is 9.97. The number of halogens is 1. The van der Waals surface area contributed by atoms with E-state index in [0.717, 1.165) is 19.5 Å². The Hall–Kier alpha value is -1.06. The summed E-state index contributed by atoms with van der Waals surface area (Å²) >= 11 is 0. The summed E-state index contributed by atoms with van der Waals surface area (Å²) in [5.74, 6) is 0.444. The third-order valence-corrected chi connectivity index (χ3v) is 3.03. The number of ether oxygens (including phenoxy) is 1. The van der Waals surface area contributed by atoms with Crippen LogP contribution in [0.5, 0.6) is 0 Å². The molecule has 0 amide bonds. The summed E-state index contributed by atoms with van der Waals surface area (Å²) in [5, 5.41) is 3.35. The number of benzene rings is 1. The lowest BCUT2D eigenvalue weighted by molar-refractivity contribution is 0.0600. The van der Waals surface area contributed by atoms with Crippen LogP contribution < -0.4 is 5.32 Å². The van der Waals surface area contributed by atoms with Gasteiger partial charge in [0.1, 0.15) is 0 Å². The quantitative estimate of drug-likeness (QED) is 0.841. The second kappa shape index (κ2) is 6.62. The monoisotopic (exact) mass is 255 g/mol. The maximum Gasteiger partial charge on any atom is 0.337 e. The van der Waals surface area contributed by atoms with Gasteiger partial charge in [0.15, 0.2) is 0 Å². The Bertz CT molecular complexity index is 375. The number of methoxy groups -OCH3 is 1. The molecule has 1 fully saturated rings. The fourth-order valence-electron chi connectivity index (χ4n) is 2.17. The van der Waals surface area contributed by atoms with Gasteiger partial charge in [-0.05, 0) is 49.5 Å². The molecule has 0 bridgehead atoms. The third kappa shape index (κ3) is 3.72. The van der Waals surface area contributed by atoms with Crippen LogP contribution in [-0.4, -0.2) is 26.2 Å². The van der Waals surface area contributed by atoms with E-state index in [4.69, 9.17) is 4.74 Å². The number of rotatable bonds is 3. The molecule has 1 heterocycles. The molecule has 1 aliphatic heterocycles. The summed E-state index contributed by atoms with van der Waals surface area (Å²) in [7, 11) is 1.41. The highest BCUT2D eigenvalue weighted by atomic mass is 35.5. The second-order valence-corrected chi connectivity index (χ2v) is 4.25. The lowest BCUT2D eigenvalue weighted by Gasteiger charge is -2.09. The van der Waals surface area contributed by atoms with Gasteiger partial charge in [0, 0.05) is 0 Å². The minimum atomic E-state index is -0.258. The zero-order valence-corrected chi connectivity index (χ0v) is 10.8. The summed E-state index contributed by atoms with van der Waals surface area (Å²) in [4.78, 5) is 11.4. The smallest absolute Gasteiger partial charge is 0.337 e. The van der Waals surface area contributed by atoms with Crippen LogP contribution in [-0.2, 0) is 11.2 Å². The van der Waals surface area contributed by atoms with E-state index >= 15 is 0 Å². The molecule has 0 radical (unpaired) electrons. The highest BCUT2D eigenvalue weighted by molar-refractivity contribution is 5.89. The average Bonchev–Trinajstić information content (AvgIpc) is 2.81. The minimum absolute atomic E-state index is 0. The van der Waals surface area contributed by atoms with Crippen LogP contribution in [0.15, 0.2) is 24.3 Å². The zero-order chi connectivity index (χ0) is 11.4. The van der Waals surface area contributed by atoms with E-state index in [-0.39, 0.29) is 18.4 Å². The van der Waals surface area contributed by atoms with Gasteiger partial charge in [-0.3, -0.25) is 0 Å². The molecule has 0 aliphatic carbocycles. The van der Waals surface area contributed by atoms with Gasteiger partial charge < -0.3 is 10.1 Å². The van der Waals surface area contributed by atoms with E-state index in [1.165, 1.54) is 19.1 Å². The normalized spacial score (nSPS) is 18.5. The molecule has 2 rings (SSSR count). The van der Waals surface area contributed by atoms with E-state index in [0.29, 0.717) is 11.5 Å². The summed E-state index contributed by atoms with van der Waals surface area (Å²) < 4.78 is 4.71. The number of hydrogen-bond donors (Lipinski definition) is 1. The van der Waals surface area contributed by atoms with Gasteiger partial charge in [0.25, 0.3) is 0 Å². The van der Waals surface area contributed by atoms with E-state index in [2.05, 4.69) is 11.4 Å². The highest BCUT2D eigenvalue weighted by Crippen LogP contribution is 2.16. The fourth-order valence-corrected chi connectivity index (χ4v) is 2.17. The third-order valence-electron chi connectivity index (χ3n) is 3.03. The number of nitrogens with one attached hydrogen (secondary N) is 1. The van der Waals surface area contributed by atoms with Gasteiger partial charge in [0.05, 0.1) is 12.7 Å². The summed E-state index contributed by atoms with van der Waals surface area (Å²) in [5.41, 5.74) is 1.86. The molecular formula is C13H18ClNO2. The molecule has 1 saturated heterocycles. The maximum absolute atomic E-state index is 11.4. The van der Waals surface area contributed by atoms with Crippen molar-refractivity contribution in [1.82, 2.24) is 5.32 Å². The Kier molecular flexibility index (Phi) is 5.45. The van der Waals surface area contributed by atoms with Crippen LogP contribution in [0.2, 0.25) is 0 Å². The van der Waals surface area contributed by atoms with Crippen molar-refractivity contribution in [2.75, 3.05) is 20.2 Å². The topological polar surface area (TPSA) is 38.3 Å². The molecule has 94 valence electrons. The van der Waals surface area contributed by atoms with Crippen molar-refractivity contribution in [1.29, 1.82) is 0 Å². The van der Waals surface area contributed by atoms with Gasteiger partial charge >= 0.3 is 5.97 Å². The van der Waals surface area contributed by atoms with Crippen LogP contribution in [0.3, 0.4) is 0 Å². The van der Waals surface area contributed by atoms with Crippen molar-refractivity contribution in [3.63, 3.8) is 0 Å². The Morgan fingerprint density at radius 1 is 1.53 bits per heavy atom. The second-order valence-electron chi connectivity index (χ2n) is 4.25. The SMILES string of the molecule is COC(=O)c1cccc(CC2CCNC2)c1.Cl. The van der Waals surface area contributed by atoms with Gasteiger partial charge in [-0.1, -0.05) is 12.1 Å². The Morgan fingerprint density at radius 3 is 3.00 bits per heavy atom. The molecule has 1 aromatic carbocycles. The number of esters is 1. The molecular weight excluding hydrogens is 238 g/mol. The van der Waals surface area contributed by atoms with Crippen molar-refractivity contribution in [3.8, 4) is 0 Å². The molecule has 1 aliphatic rings. The van der Waals surface area contributed by atoms with Crippen LogP contribution >= 0.6 is 12.4 Å². The first-order chi connectivity index (χ1) is 7.79. The summed E-state index contributed by atoms with van der Waals surface area (Å²) in [6, 6.07) is 7.72. The van der Waals surface area contributed by atoms with Crippen LogP contribution in [0.1, 0.15) is 22.3 Å². The minimum Gasteiger partial charge on any atom is -0.465 e. The molecule has 4 heteroatoms. The molecule has 0 aromatic heterocycles. The van der Waals surface area contributed by atoms with Crippen molar-refractivity contribution < 1.29 is 9.53 Å². The number of carbonyl (C=O) groups excluding carboxylic acids is 1. The molecule has 0 saturated carbocycles. The molecule has 0 spiro atoms. The van der Waals surface area contributed by atoms with Crippen LogP contribution in [0, 0.1) is 5.92 Å². The molecule has 3 nitrogen and oxygen atoms in total. The van der Waals surface area contributed by atoms with E-state index < -0.39 is 0 Å². The molecule has 1 unspecified atom stereocenters. The zero-order valence-electron chi connectivity index (χ0n) is 9.94. The van der Waals surface area contributed by atoms with Gasteiger partial charge in [-0.2, -0.15) is 0 Å². The van der Waals surface area contributed by atoms with Crippen molar-refractivity contribution in [2.24, 2.45) is 5.92 Å². The molecule has 1 N–H and O–H groups in total. The molecule has 1 aromatic rings. The van der Waals surface area contributed by atoms with E-state index in [9.17, 15) is 4.79 Å². The number of carbonyl (C=O) groups is 1. The van der Waals surface area contributed by atoms with E-state index in [1.807, 2.05) is 12.1 Å². The Balaban J connectivity index is 0.00000144. The number of hydrogen-bond acceptors (Lipinski definition) is 3. The van der Waals surface area contributed by atoms with Crippen molar-refractivity contribution in [2.45, 2.75) is 12.8 Å². The van der Waals surface area contributed by atoms with Gasteiger partial charge in [0.2, 0.25) is 0 Å².